The summed E-state index contributed by atoms with van der Waals surface area (Å²) in [6, 6.07) is 23.5. The standard InChI is InChI=1S/C22H24N3/c1-17-11-8-9-14-19(17)25(4)20-15-10-16-23-21(20)24(22(25,2)3)18-12-6-5-7-13-18/h5-16H,1-4H3/q+1. The number of quaternary nitrogens is 1. The van der Waals surface area contributed by atoms with Gasteiger partial charge < -0.3 is 0 Å². The number of aromatic nitrogens is 1. The summed E-state index contributed by atoms with van der Waals surface area (Å²) >= 11 is 0. The van der Waals surface area contributed by atoms with Crippen LogP contribution in [0.4, 0.5) is 22.9 Å². The smallest absolute Gasteiger partial charge is 0.200 e. The first-order chi connectivity index (χ1) is 12.0. The van der Waals surface area contributed by atoms with Crippen molar-refractivity contribution in [2.75, 3.05) is 11.9 Å². The number of benzene rings is 2. The van der Waals surface area contributed by atoms with Gasteiger partial charge in [0.05, 0.1) is 7.05 Å². The monoisotopic (exact) mass is 330 g/mol. The molecular weight excluding hydrogens is 306 g/mol. The Labute approximate surface area is 149 Å². The molecule has 0 spiro atoms. The number of pyridine rings is 1. The number of hydrogen-bond acceptors (Lipinski definition) is 2. The van der Waals surface area contributed by atoms with E-state index in [4.69, 9.17) is 4.98 Å². The van der Waals surface area contributed by atoms with Crippen LogP contribution in [0, 0.1) is 6.92 Å². The summed E-state index contributed by atoms with van der Waals surface area (Å²) in [6.45, 7) is 6.79. The molecular formula is C22H24N3+. The van der Waals surface area contributed by atoms with Crippen LogP contribution in [-0.4, -0.2) is 17.7 Å². The van der Waals surface area contributed by atoms with Crippen molar-refractivity contribution in [1.82, 2.24) is 9.47 Å². The molecule has 0 radical (unpaired) electrons. The van der Waals surface area contributed by atoms with Crippen LogP contribution in [0.1, 0.15) is 19.4 Å². The maximum atomic E-state index is 4.77. The SMILES string of the molecule is Cc1ccccc1[N+]1(C)c2cccnc2N(c2ccccc2)C1(C)C. The minimum atomic E-state index is -0.218. The highest BCUT2D eigenvalue weighted by atomic mass is 15.6. The van der Waals surface area contributed by atoms with E-state index in [2.05, 4.69) is 93.4 Å². The molecule has 3 heteroatoms. The minimum absolute atomic E-state index is 0.218. The van der Waals surface area contributed by atoms with Gasteiger partial charge in [0.2, 0.25) is 5.82 Å². The first-order valence-electron chi connectivity index (χ1n) is 8.71. The van der Waals surface area contributed by atoms with Crippen LogP contribution in [0.15, 0.2) is 72.9 Å². The molecule has 4 rings (SSSR count). The molecule has 0 saturated heterocycles. The third-order valence-corrected chi connectivity index (χ3v) is 5.71. The second-order valence-electron chi connectivity index (χ2n) is 7.30. The zero-order chi connectivity index (χ0) is 17.7. The summed E-state index contributed by atoms with van der Waals surface area (Å²) < 4.78 is 0.692. The van der Waals surface area contributed by atoms with E-state index in [1.165, 1.54) is 22.6 Å². The number of para-hydroxylation sites is 2. The van der Waals surface area contributed by atoms with Crippen LogP contribution in [0.25, 0.3) is 0 Å². The topological polar surface area (TPSA) is 16.1 Å². The fourth-order valence-corrected chi connectivity index (χ4v) is 4.17. The Hall–Kier alpha value is -2.65. The van der Waals surface area contributed by atoms with E-state index in [1.807, 2.05) is 12.3 Å². The average Bonchev–Trinajstić information content (AvgIpc) is 2.80. The Morgan fingerprint density at radius 3 is 2.20 bits per heavy atom. The third kappa shape index (κ3) is 2.06. The number of anilines is 2. The largest absolute Gasteiger partial charge is 0.268 e. The van der Waals surface area contributed by atoms with Crippen LogP contribution >= 0.6 is 0 Å². The molecule has 3 aromatic rings. The zero-order valence-corrected chi connectivity index (χ0v) is 15.3. The number of hydrogen-bond donors (Lipinski definition) is 0. The average molecular weight is 330 g/mol. The lowest BCUT2D eigenvalue weighted by Gasteiger charge is -2.45. The van der Waals surface area contributed by atoms with Crippen molar-refractivity contribution in [1.29, 1.82) is 0 Å². The van der Waals surface area contributed by atoms with Gasteiger partial charge in [0.25, 0.3) is 0 Å². The van der Waals surface area contributed by atoms with Crippen LogP contribution in [0.2, 0.25) is 0 Å². The fraction of sp³-hybridized carbons (Fsp3) is 0.227. The van der Waals surface area contributed by atoms with Gasteiger partial charge in [-0.2, -0.15) is 0 Å². The molecule has 25 heavy (non-hydrogen) atoms. The van der Waals surface area contributed by atoms with Gasteiger partial charge in [-0.25, -0.2) is 9.47 Å². The van der Waals surface area contributed by atoms with Gasteiger partial charge in [0, 0.05) is 37.4 Å². The molecule has 1 atom stereocenters. The summed E-state index contributed by atoms with van der Waals surface area (Å²) in [4.78, 5) is 7.14. The van der Waals surface area contributed by atoms with Gasteiger partial charge in [0.15, 0.2) is 11.4 Å². The lowest BCUT2D eigenvalue weighted by atomic mass is 10.0. The van der Waals surface area contributed by atoms with E-state index in [0.717, 1.165) is 5.82 Å². The normalized spacial score (nSPS) is 21.2. The fourth-order valence-electron chi connectivity index (χ4n) is 4.17. The quantitative estimate of drug-likeness (QED) is 0.573. The maximum absolute atomic E-state index is 4.77. The Balaban J connectivity index is 2.03. The molecule has 1 aliphatic heterocycles. The van der Waals surface area contributed by atoms with Gasteiger partial charge in [-0.1, -0.05) is 36.4 Å². The Morgan fingerprint density at radius 2 is 1.48 bits per heavy atom. The Morgan fingerprint density at radius 1 is 0.840 bits per heavy atom. The number of rotatable bonds is 2. The molecule has 0 fully saturated rings. The highest BCUT2D eigenvalue weighted by molar-refractivity contribution is 5.84. The molecule has 0 saturated carbocycles. The van der Waals surface area contributed by atoms with E-state index in [9.17, 15) is 0 Å². The number of nitrogens with zero attached hydrogens (tertiary/aromatic N) is 3. The number of fused-ring (bicyclic) bond motifs is 1. The van der Waals surface area contributed by atoms with E-state index in [1.54, 1.807) is 0 Å². The Bertz CT molecular complexity index is 917. The van der Waals surface area contributed by atoms with Crippen molar-refractivity contribution in [3.63, 3.8) is 0 Å². The van der Waals surface area contributed by atoms with E-state index >= 15 is 0 Å². The molecule has 0 amide bonds. The highest BCUT2D eigenvalue weighted by Crippen LogP contribution is 2.56. The second-order valence-corrected chi connectivity index (χ2v) is 7.30. The lowest BCUT2D eigenvalue weighted by Crippen LogP contribution is -2.60. The second kappa shape index (κ2) is 5.43. The number of aryl methyl sites for hydroxylation is 1. The predicted octanol–water partition coefficient (Wildman–Crippen LogP) is 5.55. The molecule has 2 heterocycles. The summed E-state index contributed by atoms with van der Waals surface area (Å²) in [6.07, 6.45) is 1.89. The molecule has 0 N–H and O–H groups in total. The van der Waals surface area contributed by atoms with E-state index in [-0.39, 0.29) is 5.66 Å². The van der Waals surface area contributed by atoms with Crippen molar-refractivity contribution in [2.24, 2.45) is 0 Å². The van der Waals surface area contributed by atoms with Gasteiger partial charge in [-0.3, -0.25) is 4.90 Å². The van der Waals surface area contributed by atoms with Crippen molar-refractivity contribution in [3.8, 4) is 0 Å². The van der Waals surface area contributed by atoms with Crippen LogP contribution in [0.5, 0.6) is 0 Å². The van der Waals surface area contributed by atoms with Gasteiger partial charge in [-0.15, -0.1) is 0 Å². The zero-order valence-electron chi connectivity index (χ0n) is 15.3. The van der Waals surface area contributed by atoms with Crippen molar-refractivity contribution < 1.29 is 0 Å². The van der Waals surface area contributed by atoms with Crippen LogP contribution in [-0.2, 0) is 0 Å². The maximum Gasteiger partial charge on any atom is 0.200 e. The molecule has 126 valence electrons. The molecule has 1 unspecified atom stereocenters. The van der Waals surface area contributed by atoms with E-state index < -0.39 is 0 Å². The Kier molecular flexibility index (Phi) is 3.44. The molecule has 2 aromatic carbocycles. The molecule has 1 aromatic heterocycles. The van der Waals surface area contributed by atoms with Gasteiger partial charge in [-0.05, 0) is 31.2 Å². The summed E-state index contributed by atoms with van der Waals surface area (Å²) in [5.74, 6) is 1.03. The first-order valence-corrected chi connectivity index (χ1v) is 8.71. The summed E-state index contributed by atoms with van der Waals surface area (Å²) in [5, 5.41) is 0. The van der Waals surface area contributed by atoms with Gasteiger partial charge >= 0.3 is 0 Å². The third-order valence-electron chi connectivity index (χ3n) is 5.71. The lowest BCUT2D eigenvalue weighted by molar-refractivity contribution is 0.262. The van der Waals surface area contributed by atoms with Crippen molar-refractivity contribution in [2.45, 2.75) is 26.4 Å². The highest BCUT2D eigenvalue weighted by Gasteiger charge is 2.58. The molecule has 0 aliphatic carbocycles. The van der Waals surface area contributed by atoms with Crippen LogP contribution < -0.4 is 9.38 Å². The van der Waals surface area contributed by atoms with Crippen molar-refractivity contribution >= 4 is 22.9 Å². The molecule has 3 nitrogen and oxygen atoms in total. The minimum Gasteiger partial charge on any atom is -0.268 e. The van der Waals surface area contributed by atoms with Gasteiger partial charge in [0.1, 0.15) is 5.69 Å². The van der Waals surface area contributed by atoms with Crippen LogP contribution in [0.3, 0.4) is 0 Å². The van der Waals surface area contributed by atoms with Crippen molar-refractivity contribution in [3.05, 3.63) is 78.5 Å². The molecule has 0 bridgehead atoms. The first kappa shape index (κ1) is 15.9. The molecule has 1 aliphatic rings. The summed E-state index contributed by atoms with van der Waals surface area (Å²) in [7, 11) is 2.30. The summed E-state index contributed by atoms with van der Waals surface area (Å²) in [5.41, 5.74) is 4.78. The van der Waals surface area contributed by atoms with E-state index in [0.29, 0.717) is 4.48 Å². The predicted molar refractivity (Wildman–Crippen MR) is 105 cm³/mol.